The third-order valence-electron chi connectivity index (χ3n) is 5.26. The van der Waals surface area contributed by atoms with Crippen LogP contribution >= 0.6 is 0 Å². The maximum Gasteiger partial charge on any atom is 0.129 e. The zero-order valence-electron chi connectivity index (χ0n) is 17.3. The molecule has 0 spiro atoms. The molecule has 140 valence electrons. The molecule has 0 N–H and O–H groups in total. The summed E-state index contributed by atoms with van der Waals surface area (Å²) in [5, 5.41) is 0. The number of rotatable bonds is 15. The molecule has 0 amide bonds. The first-order valence-corrected chi connectivity index (χ1v) is 11.3. The van der Waals surface area contributed by atoms with Crippen LogP contribution in [0.1, 0.15) is 70.6 Å². The minimum atomic E-state index is 0.0438. The lowest BCUT2D eigenvalue weighted by atomic mass is 10.0. The van der Waals surface area contributed by atoms with Gasteiger partial charge < -0.3 is 0 Å². The molecule has 0 aliphatic rings. The molecule has 0 fully saturated rings. The van der Waals surface area contributed by atoms with Gasteiger partial charge in [0.15, 0.2) is 0 Å². The van der Waals surface area contributed by atoms with Gasteiger partial charge in [-0.3, -0.25) is 14.7 Å². The fraction of sp³-hybridized carbons (Fsp3) is 1.00. The van der Waals surface area contributed by atoms with Gasteiger partial charge in [-0.25, -0.2) is 0 Å². The summed E-state index contributed by atoms with van der Waals surface area (Å²) >= 11 is 0. The van der Waals surface area contributed by atoms with Crippen molar-refractivity contribution in [1.29, 1.82) is 0 Å². The standard InChI is InChI=1S/C19H45N3Si/c1-20(2)19(21(3)4,22(5)6)17-15-13-11-9-7-8-10-12-14-16-18-23/h7-18H2,1-6,23H3. The Hall–Kier alpha value is 0.0969. The summed E-state index contributed by atoms with van der Waals surface area (Å²) in [5.41, 5.74) is 0. The average molecular weight is 344 g/mol. The van der Waals surface area contributed by atoms with Crippen LogP contribution in [0.4, 0.5) is 0 Å². The van der Waals surface area contributed by atoms with E-state index in [-0.39, 0.29) is 5.79 Å². The maximum absolute atomic E-state index is 2.35. The Balaban J connectivity index is 3.80. The number of nitrogens with zero attached hydrogens (tertiary/aromatic N) is 3. The zero-order valence-corrected chi connectivity index (χ0v) is 19.3. The number of hydrogen-bond donors (Lipinski definition) is 0. The van der Waals surface area contributed by atoms with Crippen LogP contribution in [0.2, 0.25) is 6.04 Å². The number of unbranched alkanes of at least 4 members (excludes halogenated alkanes) is 9. The van der Waals surface area contributed by atoms with Gasteiger partial charge in [-0.15, -0.1) is 0 Å². The maximum atomic E-state index is 2.35. The van der Waals surface area contributed by atoms with Crippen molar-refractivity contribution in [2.75, 3.05) is 42.3 Å². The van der Waals surface area contributed by atoms with Crippen molar-refractivity contribution in [1.82, 2.24) is 14.7 Å². The molecule has 3 nitrogen and oxygen atoms in total. The van der Waals surface area contributed by atoms with Gasteiger partial charge in [0, 0.05) is 10.2 Å². The van der Waals surface area contributed by atoms with Gasteiger partial charge in [-0.05, 0) is 55.1 Å². The largest absolute Gasteiger partial charge is 0.279 e. The van der Waals surface area contributed by atoms with E-state index in [1.807, 2.05) is 0 Å². The Bertz CT molecular complexity index is 246. The first kappa shape index (κ1) is 23.1. The Morgan fingerprint density at radius 2 is 0.826 bits per heavy atom. The van der Waals surface area contributed by atoms with Crippen molar-refractivity contribution in [2.45, 2.75) is 82.5 Å². The van der Waals surface area contributed by atoms with E-state index in [4.69, 9.17) is 0 Å². The van der Waals surface area contributed by atoms with Crippen molar-refractivity contribution in [3.05, 3.63) is 0 Å². The lowest BCUT2D eigenvalue weighted by Crippen LogP contribution is -2.63. The van der Waals surface area contributed by atoms with Gasteiger partial charge in [0.2, 0.25) is 0 Å². The molecule has 0 unspecified atom stereocenters. The van der Waals surface area contributed by atoms with Crippen molar-refractivity contribution in [2.24, 2.45) is 0 Å². The first-order chi connectivity index (χ1) is 10.9. The third kappa shape index (κ3) is 8.66. The van der Waals surface area contributed by atoms with Crippen LogP contribution in [0.25, 0.3) is 0 Å². The fourth-order valence-electron chi connectivity index (χ4n) is 3.90. The van der Waals surface area contributed by atoms with Crippen molar-refractivity contribution < 1.29 is 0 Å². The molecule has 0 atom stereocenters. The van der Waals surface area contributed by atoms with E-state index < -0.39 is 0 Å². The van der Waals surface area contributed by atoms with Gasteiger partial charge >= 0.3 is 0 Å². The molecule has 0 radical (unpaired) electrons. The van der Waals surface area contributed by atoms with Crippen LogP contribution in [-0.2, 0) is 0 Å². The molecule has 23 heavy (non-hydrogen) atoms. The Morgan fingerprint density at radius 3 is 1.13 bits per heavy atom. The van der Waals surface area contributed by atoms with Gasteiger partial charge in [0.1, 0.15) is 5.79 Å². The Morgan fingerprint density at radius 1 is 0.522 bits per heavy atom. The SMILES string of the molecule is CN(C)C(CCCCCCCCCCCC[SiH3])(N(C)C)N(C)C. The van der Waals surface area contributed by atoms with E-state index in [2.05, 4.69) is 57.0 Å². The first-order valence-electron chi connectivity index (χ1n) is 9.91. The van der Waals surface area contributed by atoms with Crippen LogP contribution < -0.4 is 0 Å². The second-order valence-electron chi connectivity index (χ2n) is 7.74. The second kappa shape index (κ2) is 13.4. The van der Waals surface area contributed by atoms with Crippen molar-refractivity contribution >= 4 is 10.2 Å². The minimum absolute atomic E-state index is 0.0438. The molecule has 0 heterocycles. The van der Waals surface area contributed by atoms with E-state index in [0.29, 0.717) is 0 Å². The molecule has 0 saturated carbocycles. The summed E-state index contributed by atoms with van der Waals surface area (Å²) in [5.74, 6) is 0.0438. The fourth-order valence-corrected chi connectivity index (χ4v) is 4.40. The Labute approximate surface area is 150 Å². The summed E-state index contributed by atoms with van der Waals surface area (Å²) in [6.07, 6.45) is 15.5. The van der Waals surface area contributed by atoms with Crippen LogP contribution in [0.5, 0.6) is 0 Å². The van der Waals surface area contributed by atoms with Crippen molar-refractivity contribution in [3.63, 3.8) is 0 Å². The highest BCUT2D eigenvalue weighted by Crippen LogP contribution is 2.25. The van der Waals surface area contributed by atoms with E-state index in [9.17, 15) is 0 Å². The molecule has 0 aromatic rings. The van der Waals surface area contributed by atoms with Gasteiger partial charge in [0.25, 0.3) is 0 Å². The number of hydrogen-bond acceptors (Lipinski definition) is 3. The lowest BCUT2D eigenvalue weighted by molar-refractivity contribution is -0.115. The van der Waals surface area contributed by atoms with Crippen molar-refractivity contribution in [3.8, 4) is 0 Å². The molecule has 0 aliphatic carbocycles. The topological polar surface area (TPSA) is 9.72 Å². The molecule has 0 aliphatic heterocycles. The summed E-state index contributed by atoms with van der Waals surface area (Å²) < 4.78 is 0. The van der Waals surface area contributed by atoms with E-state index >= 15 is 0 Å². The van der Waals surface area contributed by atoms with Crippen LogP contribution in [0, 0.1) is 0 Å². The van der Waals surface area contributed by atoms with Crippen LogP contribution in [0.15, 0.2) is 0 Å². The molecular weight excluding hydrogens is 298 g/mol. The summed E-state index contributed by atoms with van der Waals surface area (Å²) in [7, 11) is 14.6. The molecule has 0 aromatic carbocycles. The van der Waals surface area contributed by atoms with Crippen LogP contribution in [-0.4, -0.2) is 73.0 Å². The highest BCUT2D eigenvalue weighted by molar-refractivity contribution is 6.08. The van der Waals surface area contributed by atoms with E-state index in [0.717, 1.165) is 0 Å². The smallest absolute Gasteiger partial charge is 0.129 e. The van der Waals surface area contributed by atoms with E-state index in [1.54, 1.807) is 0 Å². The summed E-state index contributed by atoms with van der Waals surface area (Å²) in [6.45, 7) is 0. The quantitative estimate of drug-likeness (QED) is 0.256. The van der Waals surface area contributed by atoms with Gasteiger partial charge in [0.05, 0.1) is 0 Å². The molecule has 0 bridgehead atoms. The predicted molar refractivity (Wildman–Crippen MR) is 109 cm³/mol. The molecule has 4 heteroatoms. The van der Waals surface area contributed by atoms with Gasteiger partial charge in [-0.1, -0.05) is 63.8 Å². The minimum Gasteiger partial charge on any atom is -0.279 e. The molecule has 0 saturated heterocycles. The Kier molecular flexibility index (Phi) is 13.5. The molecular formula is C19H45N3Si. The molecule has 0 aromatic heterocycles. The highest BCUT2D eigenvalue weighted by atomic mass is 28.1. The highest BCUT2D eigenvalue weighted by Gasteiger charge is 2.36. The normalized spacial score (nSPS) is 12.9. The second-order valence-corrected chi connectivity index (χ2v) is 8.74. The average Bonchev–Trinajstić information content (AvgIpc) is 2.47. The van der Waals surface area contributed by atoms with E-state index in [1.165, 1.54) is 86.9 Å². The lowest BCUT2D eigenvalue weighted by Gasteiger charge is -2.50. The summed E-state index contributed by atoms with van der Waals surface area (Å²) in [6, 6.07) is 1.49. The predicted octanol–water partition coefficient (Wildman–Crippen LogP) is 3.40. The monoisotopic (exact) mass is 343 g/mol. The third-order valence-corrected chi connectivity index (χ3v) is 5.97. The molecule has 0 rings (SSSR count). The van der Waals surface area contributed by atoms with Gasteiger partial charge in [-0.2, -0.15) is 0 Å². The zero-order chi connectivity index (χ0) is 17.7. The summed E-state index contributed by atoms with van der Waals surface area (Å²) in [4.78, 5) is 7.06. The van der Waals surface area contributed by atoms with Crippen LogP contribution in [0.3, 0.4) is 0 Å².